The molecule has 14 heteroatoms. The number of anilines is 1. The van der Waals surface area contributed by atoms with Crippen LogP contribution in [0.15, 0.2) is 66.7 Å². The van der Waals surface area contributed by atoms with Crippen molar-refractivity contribution in [1.29, 1.82) is 10.8 Å². The Balaban J connectivity index is 1.81. The summed E-state index contributed by atoms with van der Waals surface area (Å²) in [6.45, 7) is 0. The predicted molar refractivity (Wildman–Crippen MR) is 139 cm³/mol. The second kappa shape index (κ2) is 11.2. The number of nitrogens with zero attached hydrogens (tertiary/aromatic N) is 1. The summed E-state index contributed by atoms with van der Waals surface area (Å²) in [4.78, 5) is 15.1. The van der Waals surface area contributed by atoms with Gasteiger partial charge in [0.15, 0.2) is 17.5 Å². The number of halogens is 2. The average molecular weight is 550 g/mol. The number of phenols is 1. The van der Waals surface area contributed by atoms with E-state index in [2.05, 4.69) is 10.3 Å². The number of phenolic OH excluding ortho intramolecular Hbond substituents is 1. The third-order valence-corrected chi connectivity index (χ3v) is 5.08. The summed E-state index contributed by atoms with van der Waals surface area (Å²) >= 11 is 0. The van der Waals surface area contributed by atoms with Gasteiger partial charge in [0, 0.05) is 17.3 Å². The first kappa shape index (κ1) is 27.1. The summed E-state index contributed by atoms with van der Waals surface area (Å²) in [5.41, 5.74) is 11.0. The van der Waals surface area contributed by atoms with Gasteiger partial charge in [-0.15, -0.1) is 0 Å². The van der Waals surface area contributed by atoms with E-state index < -0.39 is 40.9 Å². The lowest BCUT2D eigenvalue weighted by molar-refractivity contribution is 0.0696. The molecule has 204 valence electrons. The van der Waals surface area contributed by atoms with Crippen LogP contribution in [0.4, 0.5) is 14.5 Å². The maximum Gasteiger partial charge on any atom is 0.335 e. The molecule has 1 heterocycles. The van der Waals surface area contributed by atoms with E-state index in [9.17, 15) is 15.0 Å². The molecule has 0 aliphatic carbocycles. The van der Waals surface area contributed by atoms with Crippen LogP contribution in [-0.2, 0) is 0 Å². The second-order valence-electron chi connectivity index (χ2n) is 7.98. The first-order valence-corrected chi connectivity index (χ1v) is 11.2. The number of aromatic nitrogens is 1. The Morgan fingerprint density at radius 2 is 1.50 bits per heavy atom. The Kier molecular flexibility index (Phi) is 7.61. The molecule has 0 fully saturated rings. The zero-order valence-corrected chi connectivity index (χ0v) is 20.2. The van der Waals surface area contributed by atoms with E-state index in [1.54, 1.807) is 6.07 Å². The van der Waals surface area contributed by atoms with Crippen LogP contribution >= 0.6 is 0 Å². The molecule has 0 unspecified atom stereocenters. The maximum absolute atomic E-state index is 15.6. The van der Waals surface area contributed by atoms with Crippen LogP contribution in [0.2, 0.25) is 0 Å². The second-order valence-corrected chi connectivity index (χ2v) is 7.98. The van der Waals surface area contributed by atoms with Crippen molar-refractivity contribution in [2.45, 2.75) is 0 Å². The van der Waals surface area contributed by atoms with Gasteiger partial charge >= 0.3 is 5.97 Å². The van der Waals surface area contributed by atoms with Gasteiger partial charge in [-0.2, -0.15) is 13.8 Å². The first-order valence-electron chi connectivity index (χ1n) is 11.2. The Morgan fingerprint density at radius 1 is 0.850 bits per heavy atom. The number of nitrogen functional groups attached to an aromatic ring is 1. The van der Waals surface area contributed by atoms with E-state index in [1.807, 2.05) is 0 Å². The number of pyridine rings is 1. The van der Waals surface area contributed by atoms with E-state index in [0.29, 0.717) is 5.69 Å². The van der Waals surface area contributed by atoms with Gasteiger partial charge in [-0.25, -0.2) is 4.79 Å². The molecule has 0 aliphatic rings. The molecule has 0 saturated carbocycles. The fourth-order valence-electron chi connectivity index (χ4n) is 3.29. The minimum absolute atomic E-state index is 0.00421. The molecule has 0 atom stereocenters. The molecule has 4 aromatic rings. The standard InChI is InChI=1S/C26H20F2N6O6/c27-19-21(38-15-5-1-3-13(9-15)25(36)37)20(28)24(40-18-10-12(22(29)30)7-8-17(18)35)34-23(19)39-16-6-2-4-14(11-16)33-26(31)32/h1-11,35H,(H3,29,30)(H,36,37)(H4,31,32,33). The van der Waals surface area contributed by atoms with Gasteiger partial charge in [-0.05, 0) is 48.5 Å². The number of hydrogen-bond donors (Lipinski definition) is 7. The summed E-state index contributed by atoms with van der Waals surface area (Å²) in [5, 5.41) is 36.9. The van der Waals surface area contributed by atoms with Crippen LogP contribution in [0.25, 0.3) is 0 Å². The van der Waals surface area contributed by atoms with E-state index in [1.165, 1.54) is 42.5 Å². The normalized spacial score (nSPS) is 10.4. The number of hydrogen-bond acceptors (Lipinski definition) is 8. The van der Waals surface area contributed by atoms with Gasteiger partial charge in [0.05, 0.1) is 5.56 Å². The fraction of sp³-hybridized carbons (Fsp3) is 0. The van der Waals surface area contributed by atoms with Crippen LogP contribution in [-0.4, -0.2) is 33.0 Å². The Labute approximate surface area is 224 Å². The highest BCUT2D eigenvalue weighted by Crippen LogP contribution is 2.41. The number of carboxylic acids is 1. The van der Waals surface area contributed by atoms with E-state index >= 15 is 8.78 Å². The third kappa shape index (κ3) is 6.13. The topological polar surface area (TPSA) is 210 Å². The van der Waals surface area contributed by atoms with E-state index in [-0.39, 0.29) is 40.2 Å². The summed E-state index contributed by atoms with van der Waals surface area (Å²) in [6.07, 6.45) is 0. The number of rotatable bonds is 9. The third-order valence-electron chi connectivity index (χ3n) is 5.08. The molecule has 0 spiro atoms. The quantitative estimate of drug-likeness (QED) is 0.112. The summed E-state index contributed by atoms with van der Waals surface area (Å²) < 4.78 is 47.4. The zero-order valence-electron chi connectivity index (χ0n) is 20.2. The number of nitrogens with one attached hydrogen (secondary N) is 3. The minimum Gasteiger partial charge on any atom is -0.504 e. The van der Waals surface area contributed by atoms with Crippen LogP contribution < -0.4 is 31.0 Å². The maximum atomic E-state index is 15.6. The molecule has 12 nitrogen and oxygen atoms in total. The molecule has 0 radical (unpaired) electrons. The van der Waals surface area contributed by atoms with Crippen LogP contribution in [0.3, 0.4) is 0 Å². The number of guanidine groups is 1. The highest BCUT2D eigenvalue weighted by molar-refractivity contribution is 5.95. The molecule has 1 aromatic heterocycles. The van der Waals surface area contributed by atoms with Gasteiger partial charge in [0.2, 0.25) is 17.4 Å². The van der Waals surface area contributed by atoms with Gasteiger partial charge in [0.1, 0.15) is 17.3 Å². The molecule has 0 bridgehead atoms. The molecule has 9 N–H and O–H groups in total. The lowest BCUT2D eigenvalue weighted by Gasteiger charge is -2.16. The number of amidine groups is 1. The Hall–Kier alpha value is -5.92. The number of aromatic carboxylic acids is 1. The average Bonchev–Trinajstić information content (AvgIpc) is 2.90. The van der Waals surface area contributed by atoms with E-state index in [0.717, 1.165) is 18.2 Å². The van der Waals surface area contributed by atoms with Crippen LogP contribution in [0, 0.1) is 22.5 Å². The van der Waals surface area contributed by atoms with Crippen LogP contribution in [0.5, 0.6) is 40.5 Å². The largest absolute Gasteiger partial charge is 0.504 e. The summed E-state index contributed by atoms with van der Waals surface area (Å²) in [6, 6.07) is 14.3. The minimum atomic E-state index is -1.45. The molecule has 0 aliphatic heterocycles. The predicted octanol–water partition coefficient (Wildman–Crippen LogP) is 4.73. The molecular weight excluding hydrogens is 530 g/mol. The van der Waals surface area contributed by atoms with Gasteiger partial charge in [0.25, 0.3) is 11.8 Å². The molecular formula is C26H20F2N6O6. The summed E-state index contributed by atoms with van der Waals surface area (Å²) in [7, 11) is 0. The monoisotopic (exact) mass is 550 g/mol. The zero-order chi connectivity index (χ0) is 29.0. The van der Waals surface area contributed by atoms with Crippen molar-refractivity contribution >= 4 is 23.5 Å². The number of aromatic hydroxyl groups is 1. The van der Waals surface area contributed by atoms with Crippen molar-refractivity contribution in [1.82, 2.24) is 4.98 Å². The molecule has 40 heavy (non-hydrogen) atoms. The molecule has 4 rings (SSSR count). The summed E-state index contributed by atoms with van der Waals surface area (Å²) in [5.74, 6) is -8.74. The van der Waals surface area contributed by atoms with Gasteiger partial charge < -0.3 is 41.2 Å². The van der Waals surface area contributed by atoms with Crippen LogP contribution in [0.1, 0.15) is 15.9 Å². The van der Waals surface area contributed by atoms with Crippen molar-refractivity contribution in [3.8, 4) is 40.5 Å². The number of carbonyl (C=O) groups is 1. The van der Waals surface area contributed by atoms with Gasteiger partial charge in [-0.3, -0.25) is 10.8 Å². The lowest BCUT2D eigenvalue weighted by atomic mass is 10.2. The van der Waals surface area contributed by atoms with Crippen molar-refractivity contribution in [3.63, 3.8) is 0 Å². The highest BCUT2D eigenvalue weighted by atomic mass is 19.1. The first-order chi connectivity index (χ1) is 19.0. The molecule has 0 amide bonds. The molecule has 3 aromatic carbocycles. The number of ether oxygens (including phenoxy) is 3. The number of carboxylic acid groups (broad SMARTS) is 1. The van der Waals surface area contributed by atoms with Gasteiger partial charge in [-0.1, -0.05) is 12.1 Å². The van der Waals surface area contributed by atoms with Crippen molar-refractivity contribution < 1.29 is 38.0 Å². The SMILES string of the molecule is N=C(N)Nc1cccc(Oc2nc(Oc3cc(C(=N)N)ccc3O)c(F)c(Oc3cccc(C(=O)O)c3)c2F)c1. The molecule has 0 saturated heterocycles. The van der Waals surface area contributed by atoms with Crippen molar-refractivity contribution in [2.24, 2.45) is 11.5 Å². The number of nitrogens with two attached hydrogens (primary N) is 2. The fourth-order valence-corrected chi connectivity index (χ4v) is 3.29. The van der Waals surface area contributed by atoms with Crippen molar-refractivity contribution in [2.75, 3.05) is 5.32 Å². The van der Waals surface area contributed by atoms with E-state index in [4.69, 9.17) is 36.5 Å². The smallest absolute Gasteiger partial charge is 0.335 e. The number of benzene rings is 3. The lowest BCUT2D eigenvalue weighted by Crippen LogP contribution is -2.20. The Bertz CT molecular complexity index is 1650. The van der Waals surface area contributed by atoms with Crippen molar-refractivity contribution in [3.05, 3.63) is 89.5 Å². The Morgan fingerprint density at radius 3 is 2.15 bits per heavy atom. The highest BCUT2D eigenvalue weighted by Gasteiger charge is 2.27.